The Balaban J connectivity index is 1.27. The number of thiophene rings is 1. The normalized spacial score (nSPS) is 19.5. The highest BCUT2D eigenvalue weighted by Crippen LogP contribution is 2.29. The predicted octanol–water partition coefficient (Wildman–Crippen LogP) is 3.43. The first-order valence-corrected chi connectivity index (χ1v) is 11.8. The van der Waals surface area contributed by atoms with Crippen LogP contribution in [0.2, 0.25) is 0 Å². The van der Waals surface area contributed by atoms with Gasteiger partial charge in [-0.1, -0.05) is 6.07 Å². The fraction of sp³-hybridized carbons (Fsp3) is 0.500. The summed E-state index contributed by atoms with van der Waals surface area (Å²) < 4.78 is 38.2. The lowest BCUT2D eigenvalue weighted by atomic mass is 9.96. The summed E-state index contributed by atoms with van der Waals surface area (Å²) in [5.74, 6) is 0.272. The molecule has 3 amide bonds. The van der Waals surface area contributed by atoms with Crippen LogP contribution in [0.3, 0.4) is 0 Å². The van der Waals surface area contributed by atoms with Crippen LogP contribution in [-0.2, 0) is 17.5 Å². The number of rotatable bonds is 4. The zero-order valence-corrected chi connectivity index (χ0v) is 18.9. The van der Waals surface area contributed by atoms with Crippen molar-refractivity contribution in [1.29, 1.82) is 0 Å². The molecule has 2 saturated heterocycles. The molecule has 1 N–H and O–H groups in total. The van der Waals surface area contributed by atoms with Crippen LogP contribution in [0, 0.1) is 5.92 Å². The number of urea groups is 1. The summed E-state index contributed by atoms with van der Waals surface area (Å²) in [6, 6.07) is 6.15. The van der Waals surface area contributed by atoms with Crippen LogP contribution in [0.4, 0.5) is 23.8 Å². The molecule has 4 rings (SSSR count). The molecule has 2 aliphatic rings. The van der Waals surface area contributed by atoms with E-state index < -0.39 is 11.7 Å². The van der Waals surface area contributed by atoms with Crippen molar-refractivity contribution < 1.29 is 22.8 Å². The molecule has 0 aromatic carbocycles. The molecule has 2 aliphatic heterocycles. The van der Waals surface area contributed by atoms with Crippen LogP contribution in [0.5, 0.6) is 0 Å². The maximum Gasteiger partial charge on any atom is 0.417 e. The van der Waals surface area contributed by atoms with Crippen LogP contribution in [0.15, 0.2) is 35.8 Å². The molecule has 178 valence electrons. The second kappa shape index (κ2) is 9.98. The van der Waals surface area contributed by atoms with Crippen LogP contribution in [0.1, 0.15) is 23.3 Å². The molecule has 2 aromatic heterocycles. The number of piperazine rings is 1. The van der Waals surface area contributed by atoms with E-state index in [9.17, 15) is 22.8 Å². The van der Waals surface area contributed by atoms with Gasteiger partial charge in [-0.2, -0.15) is 13.2 Å². The third-order valence-corrected chi connectivity index (χ3v) is 6.92. The number of hydrogen-bond acceptors (Lipinski definition) is 5. The van der Waals surface area contributed by atoms with Gasteiger partial charge in [0.2, 0.25) is 5.91 Å². The molecule has 0 spiro atoms. The van der Waals surface area contributed by atoms with Gasteiger partial charge in [-0.05, 0) is 36.4 Å². The predicted molar refractivity (Wildman–Crippen MR) is 119 cm³/mol. The van der Waals surface area contributed by atoms with Gasteiger partial charge in [0.1, 0.15) is 5.82 Å². The van der Waals surface area contributed by atoms with Gasteiger partial charge < -0.3 is 20.0 Å². The first-order valence-electron chi connectivity index (χ1n) is 10.9. The van der Waals surface area contributed by atoms with Crippen molar-refractivity contribution >= 4 is 29.1 Å². The molecule has 1 atom stereocenters. The quantitative estimate of drug-likeness (QED) is 0.727. The third-order valence-electron chi connectivity index (χ3n) is 6.04. The van der Waals surface area contributed by atoms with E-state index in [0.717, 1.165) is 30.0 Å². The fourth-order valence-electron chi connectivity index (χ4n) is 4.21. The van der Waals surface area contributed by atoms with E-state index in [1.807, 2.05) is 22.4 Å². The highest BCUT2D eigenvalue weighted by molar-refractivity contribution is 7.09. The van der Waals surface area contributed by atoms with Crippen LogP contribution in [0.25, 0.3) is 0 Å². The van der Waals surface area contributed by atoms with E-state index in [1.54, 1.807) is 21.1 Å². The first kappa shape index (κ1) is 23.3. The number of nitrogens with zero attached hydrogens (tertiary/aromatic N) is 4. The zero-order chi connectivity index (χ0) is 23.4. The number of alkyl halides is 3. The number of pyridine rings is 1. The van der Waals surface area contributed by atoms with Crippen LogP contribution < -0.4 is 10.2 Å². The summed E-state index contributed by atoms with van der Waals surface area (Å²) in [6.45, 7) is 3.46. The van der Waals surface area contributed by atoms with Gasteiger partial charge in [0, 0.05) is 50.3 Å². The van der Waals surface area contributed by atoms with Crippen molar-refractivity contribution in [2.45, 2.75) is 25.6 Å². The Bertz CT molecular complexity index is 944. The molecule has 1 unspecified atom stereocenters. The summed E-state index contributed by atoms with van der Waals surface area (Å²) in [5, 5.41) is 4.88. The molecule has 0 saturated carbocycles. The minimum absolute atomic E-state index is 0.0331. The van der Waals surface area contributed by atoms with E-state index in [1.165, 1.54) is 6.07 Å². The number of likely N-dealkylation sites (tertiary alicyclic amines) is 1. The molecule has 2 fully saturated rings. The number of carbonyl (C=O) groups excluding carboxylic acids is 2. The minimum Gasteiger partial charge on any atom is -0.353 e. The lowest BCUT2D eigenvalue weighted by Gasteiger charge is -2.39. The van der Waals surface area contributed by atoms with Gasteiger partial charge in [-0.15, -0.1) is 11.3 Å². The number of hydrogen-bond donors (Lipinski definition) is 1. The second-order valence-electron chi connectivity index (χ2n) is 8.24. The molecule has 7 nitrogen and oxygen atoms in total. The number of anilines is 1. The van der Waals surface area contributed by atoms with Gasteiger partial charge in [0.15, 0.2) is 0 Å². The summed E-state index contributed by atoms with van der Waals surface area (Å²) >= 11 is 1.58. The van der Waals surface area contributed by atoms with Gasteiger partial charge in [0.25, 0.3) is 0 Å². The van der Waals surface area contributed by atoms with Crippen LogP contribution in [-0.4, -0.2) is 66.0 Å². The number of piperidine rings is 1. The van der Waals surface area contributed by atoms with Crippen LogP contribution >= 0.6 is 11.3 Å². The number of aromatic nitrogens is 1. The number of nitrogens with one attached hydrogen (secondary N) is 1. The van der Waals surface area contributed by atoms with E-state index in [4.69, 9.17) is 0 Å². The average Bonchev–Trinajstić information content (AvgIpc) is 3.35. The van der Waals surface area contributed by atoms with E-state index in [-0.39, 0.29) is 17.9 Å². The fourth-order valence-corrected chi connectivity index (χ4v) is 4.85. The maximum atomic E-state index is 13.1. The summed E-state index contributed by atoms with van der Waals surface area (Å²) in [4.78, 5) is 36.0. The minimum atomic E-state index is -4.41. The molecule has 11 heteroatoms. The maximum absolute atomic E-state index is 13.1. The van der Waals surface area contributed by atoms with Gasteiger partial charge in [0.05, 0.1) is 18.0 Å². The van der Waals surface area contributed by atoms with E-state index in [0.29, 0.717) is 51.6 Å². The molecule has 0 bridgehead atoms. The lowest BCUT2D eigenvalue weighted by Crippen LogP contribution is -2.54. The number of halogens is 3. The topological polar surface area (TPSA) is 68.8 Å². The van der Waals surface area contributed by atoms with Gasteiger partial charge >= 0.3 is 12.2 Å². The second-order valence-corrected chi connectivity index (χ2v) is 9.27. The lowest BCUT2D eigenvalue weighted by molar-refractivity contribution is -0.138. The monoisotopic (exact) mass is 481 g/mol. The van der Waals surface area contributed by atoms with Crippen molar-refractivity contribution in [3.8, 4) is 0 Å². The molecule has 4 heterocycles. The SMILES string of the molecule is O=C(NCc1cccs1)N1CCCC(C(=O)N2CCN(c3ccc(C(F)(F)F)cn3)CC2)C1. The number of amides is 3. The Morgan fingerprint density at radius 2 is 1.88 bits per heavy atom. The standard InChI is InChI=1S/C22H26F3N5O2S/c23-22(24,25)17-5-6-19(26-13-17)28-8-10-29(11-9-28)20(31)16-3-1-7-30(15-16)21(32)27-14-18-4-2-12-33-18/h2,4-6,12-13,16H,1,3,7-11,14-15H2,(H,27,32). The summed E-state index contributed by atoms with van der Waals surface area (Å²) in [5.41, 5.74) is -0.777. The van der Waals surface area contributed by atoms with E-state index in [2.05, 4.69) is 10.3 Å². The molecule has 0 aliphatic carbocycles. The Morgan fingerprint density at radius 1 is 1.09 bits per heavy atom. The highest BCUT2D eigenvalue weighted by Gasteiger charge is 2.33. The van der Waals surface area contributed by atoms with E-state index >= 15 is 0 Å². The van der Waals surface area contributed by atoms with Crippen molar-refractivity contribution in [3.05, 3.63) is 46.3 Å². The smallest absolute Gasteiger partial charge is 0.353 e. The zero-order valence-electron chi connectivity index (χ0n) is 18.1. The number of carbonyl (C=O) groups is 2. The first-order chi connectivity index (χ1) is 15.8. The average molecular weight is 482 g/mol. The molecule has 0 radical (unpaired) electrons. The Kier molecular flexibility index (Phi) is 7.06. The van der Waals surface area contributed by atoms with Crippen molar-refractivity contribution in [1.82, 2.24) is 20.1 Å². The Morgan fingerprint density at radius 3 is 2.52 bits per heavy atom. The Labute approximate surface area is 194 Å². The molecule has 2 aromatic rings. The molecule has 33 heavy (non-hydrogen) atoms. The van der Waals surface area contributed by atoms with Crippen molar-refractivity contribution in [3.63, 3.8) is 0 Å². The third kappa shape index (κ3) is 5.76. The van der Waals surface area contributed by atoms with Gasteiger partial charge in [-0.25, -0.2) is 9.78 Å². The Hall–Kier alpha value is -2.82. The summed E-state index contributed by atoms with van der Waals surface area (Å²) in [6.07, 6.45) is -2.05. The molecular formula is C22H26F3N5O2S. The molecular weight excluding hydrogens is 455 g/mol. The summed E-state index contributed by atoms with van der Waals surface area (Å²) in [7, 11) is 0. The largest absolute Gasteiger partial charge is 0.417 e. The van der Waals surface area contributed by atoms with Crippen molar-refractivity contribution in [2.75, 3.05) is 44.2 Å². The van der Waals surface area contributed by atoms with Crippen molar-refractivity contribution in [2.24, 2.45) is 5.92 Å². The van der Waals surface area contributed by atoms with Gasteiger partial charge in [-0.3, -0.25) is 4.79 Å². The highest BCUT2D eigenvalue weighted by atomic mass is 32.1.